The van der Waals surface area contributed by atoms with Gasteiger partial charge in [-0.1, -0.05) is 15.9 Å². The van der Waals surface area contributed by atoms with Gasteiger partial charge in [-0.3, -0.25) is 0 Å². The van der Waals surface area contributed by atoms with E-state index in [4.69, 9.17) is 15.2 Å². The van der Waals surface area contributed by atoms with Crippen molar-refractivity contribution < 1.29 is 9.47 Å². The Bertz CT molecular complexity index is 592. The quantitative estimate of drug-likeness (QED) is 0.907. The summed E-state index contributed by atoms with van der Waals surface area (Å²) >= 11 is 3.52. The van der Waals surface area contributed by atoms with Gasteiger partial charge >= 0.3 is 0 Å². The zero-order chi connectivity index (χ0) is 14.5. The first-order valence-electron chi connectivity index (χ1n) is 6.08. The highest BCUT2D eigenvalue weighted by molar-refractivity contribution is 9.10. The van der Waals surface area contributed by atoms with Crippen LogP contribution >= 0.6 is 15.9 Å². The highest BCUT2D eigenvalue weighted by Crippen LogP contribution is 2.26. The number of nitrogens with two attached hydrogens (primary N) is 1. The fourth-order valence-corrected chi connectivity index (χ4v) is 2.25. The molecule has 0 amide bonds. The van der Waals surface area contributed by atoms with Crippen LogP contribution in [0.4, 0.5) is 0 Å². The summed E-state index contributed by atoms with van der Waals surface area (Å²) in [5.41, 5.74) is 8.01. The molecule has 20 heavy (non-hydrogen) atoms. The lowest BCUT2D eigenvalue weighted by atomic mass is 10.0. The fraction of sp³-hybridized carbons (Fsp3) is 0.286. The molecule has 2 rings (SSSR count). The van der Waals surface area contributed by atoms with Gasteiger partial charge in [0, 0.05) is 10.5 Å². The predicted molar refractivity (Wildman–Crippen MR) is 79.9 cm³/mol. The first-order valence-corrected chi connectivity index (χ1v) is 6.87. The van der Waals surface area contributed by atoms with Crippen molar-refractivity contribution in [1.29, 1.82) is 0 Å². The fourth-order valence-electron chi connectivity index (χ4n) is 1.84. The third-order valence-corrected chi connectivity index (χ3v) is 3.72. The molecule has 0 aliphatic carbocycles. The van der Waals surface area contributed by atoms with Crippen LogP contribution in [0.15, 0.2) is 35.1 Å². The van der Waals surface area contributed by atoms with Crippen molar-refractivity contribution in [2.24, 2.45) is 5.73 Å². The van der Waals surface area contributed by atoms with Crippen molar-refractivity contribution in [3.63, 3.8) is 0 Å². The number of aromatic nitrogens is 2. The largest absolute Gasteiger partial charge is 0.497 e. The van der Waals surface area contributed by atoms with E-state index in [2.05, 4.69) is 25.9 Å². The van der Waals surface area contributed by atoms with Gasteiger partial charge in [-0.15, -0.1) is 0 Å². The predicted octanol–water partition coefficient (Wildman–Crippen LogP) is 2.50. The second-order valence-corrected chi connectivity index (χ2v) is 5.11. The monoisotopic (exact) mass is 337 g/mol. The summed E-state index contributed by atoms with van der Waals surface area (Å²) < 4.78 is 11.3. The van der Waals surface area contributed by atoms with Gasteiger partial charge in [-0.25, -0.2) is 9.97 Å². The van der Waals surface area contributed by atoms with E-state index >= 15 is 0 Å². The maximum absolute atomic E-state index is 6.20. The van der Waals surface area contributed by atoms with Crippen LogP contribution in [0, 0.1) is 0 Å². The van der Waals surface area contributed by atoms with Crippen molar-refractivity contribution >= 4 is 15.9 Å². The van der Waals surface area contributed by atoms with Crippen LogP contribution in [0.25, 0.3) is 0 Å². The van der Waals surface area contributed by atoms with Crippen LogP contribution < -0.4 is 15.2 Å². The lowest BCUT2D eigenvalue weighted by molar-refractivity contribution is 0.395. The Morgan fingerprint density at radius 3 is 2.70 bits per heavy atom. The van der Waals surface area contributed by atoms with Crippen LogP contribution in [0.5, 0.6) is 11.6 Å². The topological polar surface area (TPSA) is 70.3 Å². The Hall–Kier alpha value is -1.66. The van der Waals surface area contributed by atoms with E-state index in [1.165, 1.54) is 6.33 Å². The Balaban J connectivity index is 2.20. The number of benzene rings is 1. The van der Waals surface area contributed by atoms with Gasteiger partial charge in [0.1, 0.15) is 12.1 Å². The lowest BCUT2D eigenvalue weighted by Gasteiger charge is -2.13. The van der Waals surface area contributed by atoms with Gasteiger partial charge in [0.2, 0.25) is 5.88 Å². The van der Waals surface area contributed by atoms with E-state index in [1.807, 2.05) is 18.2 Å². The zero-order valence-corrected chi connectivity index (χ0v) is 12.9. The molecule has 2 aromatic rings. The minimum atomic E-state index is -0.240. The Labute approximate surface area is 126 Å². The summed E-state index contributed by atoms with van der Waals surface area (Å²) in [4.78, 5) is 8.17. The molecule has 1 atom stereocenters. The van der Waals surface area contributed by atoms with Crippen molar-refractivity contribution in [2.45, 2.75) is 12.5 Å². The van der Waals surface area contributed by atoms with E-state index in [1.54, 1.807) is 20.3 Å². The van der Waals surface area contributed by atoms with Crippen molar-refractivity contribution in [3.05, 3.63) is 46.3 Å². The molecule has 1 heterocycles. The Kier molecular flexibility index (Phi) is 4.92. The molecule has 0 fully saturated rings. The van der Waals surface area contributed by atoms with Crippen LogP contribution in [-0.4, -0.2) is 24.2 Å². The Morgan fingerprint density at radius 2 is 2.00 bits per heavy atom. The van der Waals surface area contributed by atoms with Crippen LogP contribution in [0.2, 0.25) is 0 Å². The normalized spacial score (nSPS) is 12.0. The summed E-state index contributed by atoms with van der Waals surface area (Å²) in [7, 11) is 3.21. The lowest BCUT2D eigenvalue weighted by Crippen LogP contribution is -2.15. The maximum Gasteiger partial charge on any atom is 0.216 e. The summed E-state index contributed by atoms with van der Waals surface area (Å²) in [5, 5.41) is 0. The number of rotatable bonds is 5. The number of ether oxygens (including phenoxy) is 2. The molecule has 0 bridgehead atoms. The van der Waals surface area contributed by atoms with E-state index in [9.17, 15) is 0 Å². The van der Waals surface area contributed by atoms with E-state index < -0.39 is 0 Å². The molecule has 6 heteroatoms. The number of hydrogen-bond donors (Lipinski definition) is 1. The van der Waals surface area contributed by atoms with Crippen LogP contribution in [-0.2, 0) is 6.42 Å². The summed E-state index contributed by atoms with van der Waals surface area (Å²) in [6.07, 6.45) is 2.09. The second-order valence-electron chi connectivity index (χ2n) is 4.25. The minimum absolute atomic E-state index is 0.240. The molecule has 1 unspecified atom stereocenters. The van der Waals surface area contributed by atoms with Crippen LogP contribution in [0.3, 0.4) is 0 Å². The first-order chi connectivity index (χ1) is 9.63. The van der Waals surface area contributed by atoms with Gasteiger partial charge in [0.25, 0.3) is 0 Å². The molecule has 1 aromatic carbocycles. The molecule has 0 saturated carbocycles. The van der Waals surface area contributed by atoms with E-state index in [-0.39, 0.29) is 6.04 Å². The molecule has 0 aliphatic rings. The van der Waals surface area contributed by atoms with Gasteiger partial charge in [0.05, 0.1) is 26.0 Å². The van der Waals surface area contributed by atoms with Gasteiger partial charge in [-0.05, 0) is 30.2 Å². The van der Waals surface area contributed by atoms with Crippen LogP contribution in [0.1, 0.15) is 17.3 Å². The minimum Gasteiger partial charge on any atom is -0.497 e. The number of methoxy groups -OCH3 is 2. The SMILES string of the molecule is COc1ccc(Br)c(CC(N)c2cc(OC)ncn2)c1. The molecule has 106 valence electrons. The molecule has 1 aromatic heterocycles. The molecule has 2 N–H and O–H groups in total. The molecule has 0 radical (unpaired) electrons. The highest BCUT2D eigenvalue weighted by Gasteiger charge is 2.13. The van der Waals surface area contributed by atoms with E-state index in [0.717, 1.165) is 21.5 Å². The number of hydrogen-bond acceptors (Lipinski definition) is 5. The van der Waals surface area contributed by atoms with Crippen molar-refractivity contribution in [2.75, 3.05) is 14.2 Å². The molecule has 0 aliphatic heterocycles. The second kappa shape index (κ2) is 6.67. The average Bonchev–Trinajstić information content (AvgIpc) is 2.49. The van der Waals surface area contributed by atoms with Gasteiger partial charge in [-0.2, -0.15) is 0 Å². The Morgan fingerprint density at radius 1 is 1.20 bits per heavy atom. The number of halogens is 1. The average molecular weight is 338 g/mol. The summed E-state index contributed by atoms with van der Waals surface area (Å²) in [5.74, 6) is 1.31. The van der Waals surface area contributed by atoms with Gasteiger partial charge < -0.3 is 15.2 Å². The first kappa shape index (κ1) is 14.7. The molecule has 0 saturated heterocycles. The number of nitrogens with zero attached hydrogens (tertiary/aromatic N) is 2. The standard InChI is InChI=1S/C14H16BrN3O2/c1-19-10-3-4-11(15)9(5-10)6-12(16)13-7-14(20-2)18-8-17-13/h3-5,7-8,12H,6,16H2,1-2H3. The third kappa shape index (κ3) is 3.46. The molecule has 5 nitrogen and oxygen atoms in total. The summed E-state index contributed by atoms with van der Waals surface area (Å²) in [6.45, 7) is 0. The smallest absolute Gasteiger partial charge is 0.216 e. The maximum atomic E-state index is 6.20. The van der Waals surface area contributed by atoms with E-state index in [0.29, 0.717) is 12.3 Å². The molecular weight excluding hydrogens is 322 g/mol. The van der Waals surface area contributed by atoms with Crippen molar-refractivity contribution in [1.82, 2.24) is 9.97 Å². The summed E-state index contributed by atoms with van der Waals surface area (Å²) in [6, 6.07) is 7.31. The zero-order valence-electron chi connectivity index (χ0n) is 11.3. The molecular formula is C14H16BrN3O2. The molecule has 0 spiro atoms. The van der Waals surface area contributed by atoms with Crippen molar-refractivity contribution in [3.8, 4) is 11.6 Å². The highest BCUT2D eigenvalue weighted by atomic mass is 79.9. The third-order valence-electron chi connectivity index (χ3n) is 2.94. The van der Waals surface area contributed by atoms with Gasteiger partial charge in [0.15, 0.2) is 0 Å².